The Morgan fingerprint density at radius 2 is 2.06 bits per heavy atom. The van der Waals surface area contributed by atoms with Crippen molar-refractivity contribution in [2.24, 2.45) is 0 Å². The summed E-state index contributed by atoms with van der Waals surface area (Å²) in [4.78, 5) is 9.49. The van der Waals surface area contributed by atoms with Gasteiger partial charge in [-0.1, -0.05) is 0 Å². The van der Waals surface area contributed by atoms with Crippen molar-refractivity contribution in [2.45, 2.75) is 19.9 Å². The van der Waals surface area contributed by atoms with Crippen LogP contribution in [0.1, 0.15) is 17.7 Å². The first kappa shape index (κ1) is 13.3. The summed E-state index contributed by atoms with van der Waals surface area (Å²) in [5, 5.41) is 3.21. The molecule has 0 atom stereocenters. The number of anilines is 1. The van der Waals surface area contributed by atoms with Crippen LogP contribution < -0.4 is 10.2 Å². The van der Waals surface area contributed by atoms with Crippen molar-refractivity contribution in [3.63, 3.8) is 0 Å². The molecule has 1 aromatic rings. The third-order valence-corrected chi connectivity index (χ3v) is 3.42. The summed E-state index contributed by atoms with van der Waals surface area (Å²) in [6, 6.07) is 4.37. The van der Waals surface area contributed by atoms with Gasteiger partial charge in [0.15, 0.2) is 0 Å². The van der Waals surface area contributed by atoms with Gasteiger partial charge in [-0.2, -0.15) is 0 Å². The van der Waals surface area contributed by atoms with Gasteiger partial charge in [-0.15, -0.1) is 0 Å². The molecule has 4 heteroatoms. The summed E-state index contributed by atoms with van der Waals surface area (Å²) < 4.78 is 0. The van der Waals surface area contributed by atoms with Crippen molar-refractivity contribution >= 4 is 5.82 Å². The standard InChI is InChI=1S/C14H24N4/c1-12-9-13(11-15-2)10-14(16-12)18-6-4-5-17(3)7-8-18/h9-10,15H,4-8,11H2,1-3H3. The molecule has 4 nitrogen and oxygen atoms in total. The number of aromatic nitrogens is 1. The van der Waals surface area contributed by atoms with Gasteiger partial charge in [0.1, 0.15) is 5.82 Å². The average Bonchev–Trinajstić information content (AvgIpc) is 2.54. The fourth-order valence-electron chi connectivity index (χ4n) is 2.46. The van der Waals surface area contributed by atoms with E-state index in [4.69, 9.17) is 0 Å². The molecule has 1 aromatic heterocycles. The Bertz CT molecular complexity index is 391. The van der Waals surface area contributed by atoms with Crippen LogP contribution in [0.5, 0.6) is 0 Å². The molecule has 0 aromatic carbocycles. The quantitative estimate of drug-likeness (QED) is 0.872. The molecule has 100 valence electrons. The summed E-state index contributed by atoms with van der Waals surface area (Å²) >= 11 is 0. The Morgan fingerprint density at radius 1 is 1.22 bits per heavy atom. The number of pyridine rings is 1. The van der Waals surface area contributed by atoms with Gasteiger partial charge in [-0.25, -0.2) is 4.98 Å². The predicted octanol–water partition coefficient (Wildman–Crippen LogP) is 1.25. The van der Waals surface area contributed by atoms with E-state index in [1.54, 1.807) is 0 Å². The van der Waals surface area contributed by atoms with E-state index >= 15 is 0 Å². The zero-order valence-electron chi connectivity index (χ0n) is 11.7. The van der Waals surface area contributed by atoms with Crippen LogP contribution in [-0.4, -0.2) is 50.2 Å². The van der Waals surface area contributed by atoms with E-state index in [1.165, 1.54) is 18.5 Å². The van der Waals surface area contributed by atoms with Crippen molar-refractivity contribution in [2.75, 3.05) is 45.2 Å². The normalized spacial score (nSPS) is 17.8. The number of likely N-dealkylation sites (N-methyl/N-ethyl adjacent to an activating group) is 1. The zero-order chi connectivity index (χ0) is 13.0. The summed E-state index contributed by atoms with van der Waals surface area (Å²) in [5.74, 6) is 1.13. The van der Waals surface area contributed by atoms with Crippen molar-refractivity contribution < 1.29 is 0 Å². The molecule has 0 spiro atoms. The lowest BCUT2D eigenvalue weighted by Gasteiger charge is -2.22. The molecule has 1 fully saturated rings. The molecule has 1 N–H and O–H groups in total. The van der Waals surface area contributed by atoms with Crippen molar-refractivity contribution in [3.8, 4) is 0 Å². The van der Waals surface area contributed by atoms with Gasteiger partial charge in [0.05, 0.1) is 0 Å². The fourth-order valence-corrected chi connectivity index (χ4v) is 2.46. The van der Waals surface area contributed by atoms with E-state index in [-0.39, 0.29) is 0 Å². The smallest absolute Gasteiger partial charge is 0.129 e. The third kappa shape index (κ3) is 3.43. The second kappa shape index (κ2) is 6.16. The van der Waals surface area contributed by atoms with Crippen molar-refractivity contribution in [1.29, 1.82) is 0 Å². The lowest BCUT2D eigenvalue weighted by molar-refractivity contribution is 0.360. The van der Waals surface area contributed by atoms with Crippen molar-refractivity contribution in [3.05, 3.63) is 23.4 Å². The van der Waals surface area contributed by atoms with Crippen LogP contribution in [0.2, 0.25) is 0 Å². The lowest BCUT2D eigenvalue weighted by Crippen LogP contribution is -2.29. The predicted molar refractivity (Wildman–Crippen MR) is 76.1 cm³/mol. The molecule has 1 aliphatic heterocycles. The minimum absolute atomic E-state index is 0.907. The van der Waals surface area contributed by atoms with Gasteiger partial charge in [0, 0.05) is 31.9 Å². The average molecular weight is 248 g/mol. The molecule has 2 rings (SSSR count). The number of rotatable bonds is 3. The number of aryl methyl sites for hydroxylation is 1. The third-order valence-electron chi connectivity index (χ3n) is 3.42. The summed E-state index contributed by atoms with van der Waals surface area (Å²) in [7, 11) is 4.18. The highest BCUT2D eigenvalue weighted by Crippen LogP contribution is 2.16. The highest BCUT2D eigenvalue weighted by Gasteiger charge is 2.14. The van der Waals surface area contributed by atoms with Crippen LogP contribution in [0.4, 0.5) is 5.82 Å². The molecule has 1 saturated heterocycles. The molecule has 0 unspecified atom stereocenters. The monoisotopic (exact) mass is 248 g/mol. The maximum Gasteiger partial charge on any atom is 0.129 e. The molecule has 0 radical (unpaired) electrons. The molecular weight excluding hydrogens is 224 g/mol. The van der Waals surface area contributed by atoms with Crippen LogP contribution in [0.15, 0.2) is 12.1 Å². The van der Waals surface area contributed by atoms with Crippen molar-refractivity contribution in [1.82, 2.24) is 15.2 Å². The molecular formula is C14H24N4. The SMILES string of the molecule is CNCc1cc(C)nc(N2CCCN(C)CC2)c1. The van der Waals surface area contributed by atoms with Crippen LogP contribution >= 0.6 is 0 Å². The van der Waals surface area contributed by atoms with Gasteiger partial charge >= 0.3 is 0 Å². The zero-order valence-corrected chi connectivity index (χ0v) is 11.7. The van der Waals surface area contributed by atoms with E-state index in [0.29, 0.717) is 0 Å². The Hall–Kier alpha value is -1.13. The Balaban J connectivity index is 2.15. The van der Waals surface area contributed by atoms with E-state index in [0.717, 1.165) is 37.7 Å². The number of nitrogens with zero attached hydrogens (tertiary/aromatic N) is 3. The molecule has 2 heterocycles. The molecule has 0 saturated carbocycles. The molecule has 1 aliphatic rings. The van der Waals surface area contributed by atoms with E-state index in [1.807, 2.05) is 7.05 Å². The first-order chi connectivity index (χ1) is 8.69. The first-order valence-electron chi connectivity index (χ1n) is 6.74. The van der Waals surface area contributed by atoms with Crippen LogP contribution in [-0.2, 0) is 6.54 Å². The molecule has 0 aliphatic carbocycles. The lowest BCUT2D eigenvalue weighted by atomic mass is 10.2. The maximum atomic E-state index is 4.69. The summed E-state index contributed by atoms with van der Waals surface area (Å²) in [5.41, 5.74) is 2.42. The fraction of sp³-hybridized carbons (Fsp3) is 0.643. The molecule has 18 heavy (non-hydrogen) atoms. The van der Waals surface area contributed by atoms with E-state index in [9.17, 15) is 0 Å². The Kier molecular flexibility index (Phi) is 4.55. The summed E-state index contributed by atoms with van der Waals surface area (Å²) in [6.45, 7) is 7.48. The van der Waals surface area contributed by atoms with Gasteiger partial charge in [-0.05, 0) is 51.7 Å². The minimum atomic E-state index is 0.907. The van der Waals surface area contributed by atoms with Gasteiger partial charge < -0.3 is 15.1 Å². The number of hydrogen-bond acceptors (Lipinski definition) is 4. The number of nitrogens with one attached hydrogen (secondary N) is 1. The van der Waals surface area contributed by atoms with Gasteiger partial charge in [0.2, 0.25) is 0 Å². The molecule has 0 amide bonds. The largest absolute Gasteiger partial charge is 0.355 e. The number of hydrogen-bond donors (Lipinski definition) is 1. The second-order valence-corrected chi connectivity index (χ2v) is 5.15. The Labute approximate surface area is 110 Å². The second-order valence-electron chi connectivity index (χ2n) is 5.15. The van der Waals surface area contributed by atoms with E-state index < -0.39 is 0 Å². The highest BCUT2D eigenvalue weighted by molar-refractivity contribution is 5.43. The minimum Gasteiger partial charge on any atom is -0.355 e. The van der Waals surface area contributed by atoms with Crippen LogP contribution in [0.25, 0.3) is 0 Å². The maximum absolute atomic E-state index is 4.69. The first-order valence-corrected chi connectivity index (χ1v) is 6.74. The molecule has 0 bridgehead atoms. The van der Waals surface area contributed by atoms with Gasteiger partial charge in [0.25, 0.3) is 0 Å². The van der Waals surface area contributed by atoms with E-state index in [2.05, 4.69) is 46.2 Å². The van der Waals surface area contributed by atoms with Crippen LogP contribution in [0.3, 0.4) is 0 Å². The van der Waals surface area contributed by atoms with Crippen LogP contribution in [0, 0.1) is 6.92 Å². The van der Waals surface area contributed by atoms with Gasteiger partial charge in [-0.3, -0.25) is 0 Å². The summed E-state index contributed by atoms with van der Waals surface area (Å²) in [6.07, 6.45) is 1.22. The highest BCUT2D eigenvalue weighted by atomic mass is 15.2. The topological polar surface area (TPSA) is 31.4 Å². The Morgan fingerprint density at radius 3 is 2.83 bits per heavy atom.